The lowest BCUT2D eigenvalue weighted by Crippen LogP contribution is -2.57. The van der Waals surface area contributed by atoms with Crippen molar-refractivity contribution in [3.63, 3.8) is 0 Å². The number of ether oxygens (including phenoxy) is 2. The first kappa shape index (κ1) is 15.1. The molecule has 1 fully saturated rings. The predicted octanol–water partition coefficient (Wildman–Crippen LogP) is 3.29. The van der Waals surface area contributed by atoms with Crippen LogP contribution in [0.15, 0.2) is 23.8 Å². The van der Waals surface area contributed by atoms with Crippen molar-refractivity contribution in [3.8, 4) is 0 Å². The molecule has 112 valence electrons. The first-order chi connectivity index (χ1) is 9.26. The fourth-order valence-electron chi connectivity index (χ4n) is 2.80. The van der Waals surface area contributed by atoms with Gasteiger partial charge in [0, 0.05) is 0 Å². The molecule has 0 aromatic rings. The van der Waals surface area contributed by atoms with Gasteiger partial charge < -0.3 is 9.47 Å². The van der Waals surface area contributed by atoms with Crippen molar-refractivity contribution < 1.29 is 14.3 Å². The van der Waals surface area contributed by atoms with E-state index in [0.29, 0.717) is 13.2 Å². The number of rotatable bonds is 2. The first-order valence-electron chi connectivity index (χ1n) is 7.19. The van der Waals surface area contributed by atoms with Crippen molar-refractivity contribution in [3.05, 3.63) is 23.8 Å². The SMILES string of the molecule is C=C(C)CC1=CC2COCC(C1)N2C(=O)OC(C)(C)C. The molecule has 2 aliphatic heterocycles. The molecule has 4 heteroatoms. The van der Waals surface area contributed by atoms with Gasteiger partial charge in [0.05, 0.1) is 25.3 Å². The Morgan fingerprint density at radius 1 is 1.50 bits per heavy atom. The normalized spacial score (nSPS) is 26.0. The average molecular weight is 279 g/mol. The third-order valence-electron chi connectivity index (χ3n) is 3.41. The molecule has 0 spiro atoms. The van der Waals surface area contributed by atoms with Gasteiger partial charge >= 0.3 is 6.09 Å². The van der Waals surface area contributed by atoms with E-state index in [1.165, 1.54) is 5.57 Å². The molecule has 1 amide bonds. The highest BCUT2D eigenvalue weighted by Gasteiger charge is 2.39. The lowest BCUT2D eigenvalue weighted by atomic mass is 9.91. The van der Waals surface area contributed by atoms with Crippen molar-refractivity contribution >= 4 is 6.09 Å². The van der Waals surface area contributed by atoms with E-state index >= 15 is 0 Å². The lowest BCUT2D eigenvalue weighted by molar-refractivity contribution is -0.0536. The minimum absolute atomic E-state index is 0.00769. The Labute approximate surface area is 121 Å². The van der Waals surface area contributed by atoms with E-state index in [0.717, 1.165) is 18.4 Å². The van der Waals surface area contributed by atoms with Crippen LogP contribution in [0, 0.1) is 0 Å². The van der Waals surface area contributed by atoms with Gasteiger partial charge in [-0.15, -0.1) is 0 Å². The molecule has 1 saturated heterocycles. The summed E-state index contributed by atoms with van der Waals surface area (Å²) in [5, 5.41) is 0. The molecule has 0 aromatic carbocycles. The maximum Gasteiger partial charge on any atom is 0.411 e. The number of amides is 1. The van der Waals surface area contributed by atoms with E-state index < -0.39 is 5.60 Å². The third-order valence-corrected chi connectivity index (χ3v) is 3.41. The number of morpholine rings is 1. The highest BCUT2D eigenvalue weighted by atomic mass is 16.6. The van der Waals surface area contributed by atoms with E-state index in [2.05, 4.69) is 12.7 Å². The zero-order chi connectivity index (χ0) is 14.9. The van der Waals surface area contributed by atoms with E-state index in [1.54, 1.807) is 0 Å². The summed E-state index contributed by atoms with van der Waals surface area (Å²) in [4.78, 5) is 14.2. The van der Waals surface area contributed by atoms with Crippen molar-refractivity contribution in [2.45, 2.75) is 58.2 Å². The summed E-state index contributed by atoms with van der Waals surface area (Å²) >= 11 is 0. The number of nitrogens with zero attached hydrogens (tertiary/aromatic N) is 1. The van der Waals surface area contributed by atoms with Gasteiger partial charge in [0.2, 0.25) is 0 Å². The summed E-state index contributed by atoms with van der Waals surface area (Å²) in [7, 11) is 0. The number of allylic oxidation sites excluding steroid dienone is 1. The second-order valence-corrected chi connectivity index (χ2v) is 6.81. The smallest absolute Gasteiger partial charge is 0.411 e. The highest BCUT2D eigenvalue weighted by molar-refractivity contribution is 5.70. The summed E-state index contributed by atoms with van der Waals surface area (Å²) in [6.07, 6.45) is 3.67. The number of carbonyl (C=O) groups excluding carboxylic acids is 1. The van der Waals surface area contributed by atoms with E-state index in [-0.39, 0.29) is 18.2 Å². The summed E-state index contributed by atoms with van der Waals surface area (Å²) in [6, 6.07) is 0.0784. The molecule has 2 rings (SSSR count). The second kappa shape index (κ2) is 5.60. The molecular formula is C16H25NO3. The van der Waals surface area contributed by atoms with E-state index in [4.69, 9.17) is 9.47 Å². The van der Waals surface area contributed by atoms with Crippen LogP contribution in [-0.2, 0) is 9.47 Å². The van der Waals surface area contributed by atoms with Crippen molar-refractivity contribution in [1.82, 2.24) is 4.90 Å². The van der Waals surface area contributed by atoms with Crippen molar-refractivity contribution in [2.24, 2.45) is 0 Å². The van der Waals surface area contributed by atoms with Crippen LogP contribution >= 0.6 is 0 Å². The Morgan fingerprint density at radius 3 is 2.75 bits per heavy atom. The van der Waals surface area contributed by atoms with Gasteiger partial charge in [-0.3, -0.25) is 4.90 Å². The Hall–Kier alpha value is -1.29. The molecule has 2 heterocycles. The third kappa shape index (κ3) is 3.63. The lowest BCUT2D eigenvalue weighted by Gasteiger charge is -2.44. The fraction of sp³-hybridized carbons (Fsp3) is 0.688. The summed E-state index contributed by atoms with van der Waals surface area (Å²) < 4.78 is 11.1. The van der Waals surface area contributed by atoms with Gasteiger partial charge in [-0.2, -0.15) is 0 Å². The molecule has 0 aliphatic carbocycles. The molecule has 0 radical (unpaired) electrons. The minimum atomic E-state index is -0.464. The molecule has 0 saturated carbocycles. The monoisotopic (exact) mass is 279 g/mol. The summed E-state index contributed by atoms with van der Waals surface area (Å²) in [5.74, 6) is 0. The molecule has 20 heavy (non-hydrogen) atoms. The quantitative estimate of drug-likeness (QED) is 0.728. The minimum Gasteiger partial charge on any atom is -0.444 e. The van der Waals surface area contributed by atoms with Crippen LogP contribution in [0.5, 0.6) is 0 Å². The summed E-state index contributed by atoms with van der Waals surface area (Å²) in [6.45, 7) is 12.8. The Morgan fingerprint density at radius 2 is 2.20 bits per heavy atom. The van der Waals surface area contributed by atoms with Crippen molar-refractivity contribution in [1.29, 1.82) is 0 Å². The maximum atomic E-state index is 12.4. The van der Waals surface area contributed by atoms with Crippen LogP contribution in [0.25, 0.3) is 0 Å². The highest BCUT2D eigenvalue weighted by Crippen LogP contribution is 2.31. The fourth-order valence-corrected chi connectivity index (χ4v) is 2.80. The summed E-state index contributed by atoms with van der Waals surface area (Å²) in [5.41, 5.74) is 2.05. The van der Waals surface area contributed by atoms with E-state index in [9.17, 15) is 4.79 Å². The average Bonchev–Trinajstić information content (AvgIpc) is 2.24. The predicted molar refractivity (Wildman–Crippen MR) is 78.6 cm³/mol. The van der Waals surface area contributed by atoms with Crippen LogP contribution < -0.4 is 0 Å². The maximum absolute atomic E-state index is 12.4. The van der Waals surface area contributed by atoms with Gasteiger partial charge in [0.15, 0.2) is 0 Å². The largest absolute Gasteiger partial charge is 0.444 e. The Balaban J connectivity index is 2.14. The zero-order valence-corrected chi connectivity index (χ0v) is 12.9. The van der Waals surface area contributed by atoms with E-state index in [1.807, 2.05) is 32.6 Å². The van der Waals surface area contributed by atoms with Gasteiger partial charge in [-0.05, 0) is 40.5 Å². The Kier molecular flexibility index (Phi) is 4.23. The number of hydrogen-bond acceptors (Lipinski definition) is 3. The van der Waals surface area contributed by atoms with Gasteiger partial charge in [-0.25, -0.2) is 4.79 Å². The van der Waals surface area contributed by atoms with Crippen LogP contribution in [0.4, 0.5) is 4.79 Å². The van der Waals surface area contributed by atoms with Crippen LogP contribution in [-0.4, -0.2) is 41.9 Å². The van der Waals surface area contributed by atoms with Crippen LogP contribution in [0.1, 0.15) is 40.5 Å². The molecule has 2 atom stereocenters. The molecular weight excluding hydrogens is 254 g/mol. The molecule has 2 bridgehead atoms. The number of fused-ring (bicyclic) bond motifs is 2. The molecule has 2 unspecified atom stereocenters. The zero-order valence-electron chi connectivity index (χ0n) is 12.9. The topological polar surface area (TPSA) is 38.8 Å². The van der Waals surface area contributed by atoms with Gasteiger partial charge in [0.25, 0.3) is 0 Å². The van der Waals surface area contributed by atoms with Gasteiger partial charge in [-0.1, -0.05) is 23.8 Å². The molecule has 0 N–H and O–H groups in total. The molecule has 2 aliphatic rings. The molecule has 0 aromatic heterocycles. The number of hydrogen-bond donors (Lipinski definition) is 0. The van der Waals surface area contributed by atoms with Crippen LogP contribution in [0.3, 0.4) is 0 Å². The van der Waals surface area contributed by atoms with Crippen LogP contribution in [0.2, 0.25) is 0 Å². The molecule has 4 nitrogen and oxygen atoms in total. The Bertz CT molecular complexity index is 433. The standard InChI is InChI=1S/C16H25NO3/c1-11(2)6-12-7-13-9-19-10-14(8-12)17(13)15(18)20-16(3,4)5/h7,13-14H,1,6,8-10H2,2-5H3. The van der Waals surface area contributed by atoms with Gasteiger partial charge in [0.1, 0.15) is 5.60 Å². The number of carbonyl (C=O) groups is 1. The second-order valence-electron chi connectivity index (χ2n) is 6.81. The first-order valence-corrected chi connectivity index (χ1v) is 7.19. The van der Waals surface area contributed by atoms with Crippen molar-refractivity contribution in [2.75, 3.05) is 13.2 Å².